The number of rotatable bonds is 8. The molecule has 1 unspecified atom stereocenters. The van der Waals surface area contributed by atoms with Gasteiger partial charge in [0.2, 0.25) is 5.91 Å². The molecule has 10 heteroatoms. The van der Waals surface area contributed by atoms with Crippen molar-refractivity contribution < 1.29 is 24.6 Å². The van der Waals surface area contributed by atoms with Crippen LogP contribution in [0.3, 0.4) is 0 Å². The molecule has 0 saturated carbocycles. The average molecular weight is 371 g/mol. The second-order valence-corrected chi connectivity index (χ2v) is 5.73. The van der Waals surface area contributed by atoms with E-state index in [1.165, 1.54) is 24.3 Å². The molecule has 0 spiro atoms. The van der Waals surface area contributed by atoms with E-state index in [2.05, 4.69) is 10.6 Å². The van der Waals surface area contributed by atoms with E-state index in [-0.39, 0.29) is 18.6 Å². The first-order valence-electron chi connectivity index (χ1n) is 8.10. The van der Waals surface area contributed by atoms with Crippen LogP contribution in [-0.4, -0.2) is 40.3 Å². The molecule has 2 rings (SSSR count). The number of non-ortho nitro benzene ring substituents is 1. The molecule has 0 fully saturated rings. The summed E-state index contributed by atoms with van der Waals surface area (Å²) in [5, 5.41) is 33.5. The quantitative estimate of drug-likeness (QED) is 0.304. The highest BCUT2D eigenvalue weighted by molar-refractivity contribution is 6.41. The molecule has 2 amide bonds. The Hall–Kier alpha value is -3.24. The minimum atomic E-state index is -1.69. The van der Waals surface area contributed by atoms with Gasteiger partial charge in [-0.15, -0.1) is 0 Å². The number of hydrogen-bond donors (Lipinski definition) is 4. The summed E-state index contributed by atoms with van der Waals surface area (Å²) in [4.78, 5) is 34.7. The molecule has 0 aromatic heterocycles. The SMILES string of the molecule is O=C(CC(NC(=O)c1ccccc1)c1ccc([N+](=O)[O-])cc1)NCB(O)O. The molecule has 0 aliphatic carbocycles. The summed E-state index contributed by atoms with van der Waals surface area (Å²) in [5.74, 6) is -0.922. The maximum atomic E-state index is 12.4. The van der Waals surface area contributed by atoms with Crippen molar-refractivity contribution in [1.29, 1.82) is 0 Å². The Labute approximate surface area is 155 Å². The minimum Gasteiger partial charge on any atom is -0.426 e. The van der Waals surface area contributed by atoms with Crippen molar-refractivity contribution in [3.63, 3.8) is 0 Å². The van der Waals surface area contributed by atoms with Crippen LogP contribution in [0, 0.1) is 10.1 Å². The van der Waals surface area contributed by atoms with Gasteiger partial charge >= 0.3 is 7.12 Å². The summed E-state index contributed by atoms with van der Waals surface area (Å²) in [7, 11) is -1.69. The maximum absolute atomic E-state index is 12.4. The largest absolute Gasteiger partial charge is 0.472 e. The van der Waals surface area contributed by atoms with Gasteiger partial charge in [-0.1, -0.05) is 30.3 Å². The fraction of sp³-hybridized carbons (Fsp3) is 0.176. The lowest BCUT2D eigenvalue weighted by Crippen LogP contribution is -2.38. The summed E-state index contributed by atoms with van der Waals surface area (Å²) in [6.07, 6.45) is -0.526. The zero-order valence-corrected chi connectivity index (χ0v) is 14.2. The van der Waals surface area contributed by atoms with Gasteiger partial charge in [0.25, 0.3) is 11.6 Å². The first kappa shape index (κ1) is 20.1. The molecule has 4 N–H and O–H groups in total. The van der Waals surface area contributed by atoms with E-state index < -0.39 is 29.9 Å². The summed E-state index contributed by atoms with van der Waals surface area (Å²) in [5.41, 5.74) is 0.792. The van der Waals surface area contributed by atoms with E-state index in [0.29, 0.717) is 11.1 Å². The number of nitro benzene ring substituents is 1. The van der Waals surface area contributed by atoms with Crippen molar-refractivity contribution in [2.24, 2.45) is 0 Å². The van der Waals surface area contributed by atoms with E-state index in [9.17, 15) is 19.7 Å². The Kier molecular flexibility index (Phi) is 7.04. The fourth-order valence-electron chi connectivity index (χ4n) is 2.37. The average Bonchev–Trinajstić information content (AvgIpc) is 2.66. The first-order chi connectivity index (χ1) is 12.9. The summed E-state index contributed by atoms with van der Waals surface area (Å²) < 4.78 is 0. The zero-order chi connectivity index (χ0) is 19.8. The fourth-order valence-corrected chi connectivity index (χ4v) is 2.37. The van der Waals surface area contributed by atoms with Gasteiger partial charge in [-0.3, -0.25) is 19.7 Å². The van der Waals surface area contributed by atoms with E-state index in [0.717, 1.165) is 0 Å². The topological polar surface area (TPSA) is 142 Å². The van der Waals surface area contributed by atoms with Crippen molar-refractivity contribution >= 4 is 24.6 Å². The molecule has 0 aliphatic rings. The molecule has 0 aliphatic heterocycles. The van der Waals surface area contributed by atoms with Crippen LogP contribution in [0.2, 0.25) is 0 Å². The zero-order valence-electron chi connectivity index (χ0n) is 14.2. The second-order valence-electron chi connectivity index (χ2n) is 5.73. The van der Waals surface area contributed by atoms with Crippen LogP contribution in [0.15, 0.2) is 54.6 Å². The van der Waals surface area contributed by atoms with Gasteiger partial charge < -0.3 is 20.7 Å². The van der Waals surface area contributed by atoms with E-state index in [1.807, 2.05) is 0 Å². The van der Waals surface area contributed by atoms with Crippen molar-refractivity contribution in [2.45, 2.75) is 12.5 Å². The molecular weight excluding hydrogens is 353 g/mol. The second kappa shape index (κ2) is 9.46. The third kappa shape index (κ3) is 6.21. The van der Waals surface area contributed by atoms with E-state index in [1.54, 1.807) is 30.3 Å². The molecule has 2 aromatic rings. The van der Waals surface area contributed by atoms with Crippen LogP contribution < -0.4 is 10.6 Å². The van der Waals surface area contributed by atoms with E-state index in [4.69, 9.17) is 10.0 Å². The summed E-state index contributed by atoms with van der Waals surface area (Å²) >= 11 is 0. The highest BCUT2D eigenvalue weighted by atomic mass is 16.6. The molecule has 9 nitrogen and oxygen atoms in total. The molecule has 0 saturated heterocycles. The number of carbonyl (C=O) groups is 2. The van der Waals surface area contributed by atoms with Gasteiger partial charge in [-0.05, 0) is 17.7 Å². The van der Waals surface area contributed by atoms with Gasteiger partial charge in [0.05, 0.1) is 23.8 Å². The lowest BCUT2D eigenvalue weighted by atomic mass is 9.92. The highest BCUT2D eigenvalue weighted by Gasteiger charge is 2.21. The molecule has 0 bridgehead atoms. The normalized spacial score (nSPS) is 11.3. The smallest absolute Gasteiger partial charge is 0.426 e. The molecule has 0 heterocycles. The Morgan fingerprint density at radius 2 is 1.70 bits per heavy atom. The third-order valence-corrected chi connectivity index (χ3v) is 3.72. The Bertz CT molecular complexity index is 798. The molecule has 2 aromatic carbocycles. The Morgan fingerprint density at radius 1 is 1.07 bits per heavy atom. The number of carbonyl (C=O) groups excluding carboxylic acids is 2. The number of nitrogens with one attached hydrogen (secondary N) is 2. The third-order valence-electron chi connectivity index (χ3n) is 3.72. The van der Waals surface area contributed by atoms with Gasteiger partial charge in [0, 0.05) is 17.7 Å². The van der Waals surface area contributed by atoms with Gasteiger partial charge in [0.15, 0.2) is 0 Å². The van der Waals surface area contributed by atoms with Crippen molar-refractivity contribution in [3.05, 3.63) is 75.8 Å². The monoisotopic (exact) mass is 371 g/mol. The van der Waals surface area contributed by atoms with Gasteiger partial charge in [-0.2, -0.15) is 0 Å². The summed E-state index contributed by atoms with van der Waals surface area (Å²) in [6, 6.07) is 13.1. The van der Waals surface area contributed by atoms with Crippen LogP contribution in [-0.2, 0) is 4.79 Å². The number of amides is 2. The number of nitro groups is 1. The predicted octanol–water partition coefficient (Wildman–Crippen LogP) is 0.584. The molecule has 0 radical (unpaired) electrons. The van der Waals surface area contributed by atoms with Crippen LogP contribution in [0.4, 0.5) is 5.69 Å². The van der Waals surface area contributed by atoms with Crippen LogP contribution in [0.25, 0.3) is 0 Å². The number of hydrogen-bond acceptors (Lipinski definition) is 6. The van der Waals surface area contributed by atoms with Crippen molar-refractivity contribution in [2.75, 3.05) is 6.44 Å². The molecule has 1 atom stereocenters. The molecule has 140 valence electrons. The van der Waals surface area contributed by atoms with Crippen LogP contribution in [0.5, 0.6) is 0 Å². The van der Waals surface area contributed by atoms with E-state index >= 15 is 0 Å². The lowest BCUT2D eigenvalue weighted by Gasteiger charge is -2.19. The lowest BCUT2D eigenvalue weighted by molar-refractivity contribution is -0.384. The van der Waals surface area contributed by atoms with Crippen LogP contribution in [0.1, 0.15) is 28.4 Å². The molecule has 27 heavy (non-hydrogen) atoms. The standard InChI is InChI=1S/C17H18BN3O6/c22-16(19-11-18(24)25)10-15(12-6-8-14(9-7-12)21(26)27)20-17(23)13-4-2-1-3-5-13/h1-9,15,24-25H,10-11H2,(H,19,22)(H,20,23). The van der Waals surface area contributed by atoms with Crippen molar-refractivity contribution in [1.82, 2.24) is 10.6 Å². The number of nitrogens with zero attached hydrogens (tertiary/aromatic N) is 1. The van der Waals surface area contributed by atoms with Gasteiger partial charge in [-0.25, -0.2) is 0 Å². The molecular formula is C17H18BN3O6. The van der Waals surface area contributed by atoms with Crippen LogP contribution >= 0.6 is 0 Å². The minimum absolute atomic E-state index is 0.111. The Balaban J connectivity index is 2.18. The summed E-state index contributed by atoms with van der Waals surface area (Å²) in [6.45, 7) is 0. The Morgan fingerprint density at radius 3 is 2.26 bits per heavy atom. The number of benzene rings is 2. The van der Waals surface area contributed by atoms with Crippen molar-refractivity contribution in [3.8, 4) is 0 Å². The maximum Gasteiger partial charge on any atom is 0.472 e. The first-order valence-corrected chi connectivity index (χ1v) is 8.10. The van der Waals surface area contributed by atoms with Gasteiger partial charge in [0.1, 0.15) is 0 Å². The predicted molar refractivity (Wildman–Crippen MR) is 97.6 cm³/mol. The highest BCUT2D eigenvalue weighted by Crippen LogP contribution is 2.21.